The molecule has 0 saturated carbocycles. The molecule has 3 aromatic rings. The van der Waals surface area contributed by atoms with Crippen LogP contribution in [0.25, 0.3) is 22.0 Å². The lowest BCUT2D eigenvalue weighted by Crippen LogP contribution is -2.08. The van der Waals surface area contributed by atoms with E-state index in [2.05, 4.69) is 4.98 Å². The predicted molar refractivity (Wildman–Crippen MR) is 99.1 cm³/mol. The summed E-state index contributed by atoms with van der Waals surface area (Å²) >= 11 is 0. The maximum atomic E-state index is 12.4. The first kappa shape index (κ1) is 17.6. The number of benzene rings is 2. The topological polar surface area (TPSA) is 65.5 Å². The van der Waals surface area contributed by atoms with Gasteiger partial charge in [0.1, 0.15) is 0 Å². The zero-order valence-corrected chi connectivity index (χ0v) is 14.7. The highest BCUT2D eigenvalue weighted by atomic mass is 16.5. The molecule has 0 spiro atoms. The van der Waals surface area contributed by atoms with E-state index in [1.807, 2.05) is 24.3 Å². The van der Waals surface area contributed by atoms with Crippen molar-refractivity contribution in [2.75, 3.05) is 13.2 Å². The number of para-hydroxylation sites is 1. The summed E-state index contributed by atoms with van der Waals surface area (Å²) in [5, 5.41) is 0.849. The Morgan fingerprint density at radius 2 is 1.54 bits per heavy atom. The van der Waals surface area contributed by atoms with Crippen LogP contribution in [-0.4, -0.2) is 30.1 Å². The summed E-state index contributed by atoms with van der Waals surface area (Å²) < 4.78 is 10.2. The average molecular weight is 349 g/mol. The van der Waals surface area contributed by atoms with Crippen LogP contribution in [0.5, 0.6) is 0 Å². The molecule has 0 bridgehead atoms. The van der Waals surface area contributed by atoms with Crippen LogP contribution in [0, 0.1) is 0 Å². The second-order valence-corrected chi connectivity index (χ2v) is 5.58. The predicted octanol–water partition coefficient (Wildman–Crippen LogP) is 4.26. The SMILES string of the molecule is CCOC(=O)c1ccc(-c2c(C(=O)OCC)cnc3ccccc23)cc1. The van der Waals surface area contributed by atoms with E-state index in [1.54, 1.807) is 38.1 Å². The average Bonchev–Trinajstić information content (AvgIpc) is 2.67. The van der Waals surface area contributed by atoms with Crippen molar-refractivity contribution >= 4 is 22.8 Å². The molecule has 0 atom stereocenters. The molecule has 26 heavy (non-hydrogen) atoms. The fourth-order valence-electron chi connectivity index (χ4n) is 2.80. The van der Waals surface area contributed by atoms with Crippen molar-refractivity contribution in [3.63, 3.8) is 0 Å². The van der Waals surface area contributed by atoms with Gasteiger partial charge < -0.3 is 9.47 Å². The Labute approximate surface area is 151 Å². The Morgan fingerprint density at radius 1 is 0.885 bits per heavy atom. The van der Waals surface area contributed by atoms with Crippen molar-refractivity contribution < 1.29 is 19.1 Å². The molecule has 0 saturated heterocycles. The van der Waals surface area contributed by atoms with E-state index in [9.17, 15) is 9.59 Å². The molecule has 5 heteroatoms. The fourth-order valence-corrected chi connectivity index (χ4v) is 2.80. The Bertz CT molecular complexity index is 948. The van der Waals surface area contributed by atoms with Crippen LogP contribution in [0.1, 0.15) is 34.6 Å². The van der Waals surface area contributed by atoms with Gasteiger partial charge in [0.25, 0.3) is 0 Å². The fraction of sp³-hybridized carbons (Fsp3) is 0.190. The molecule has 0 radical (unpaired) electrons. The molecule has 5 nitrogen and oxygen atoms in total. The third-order valence-electron chi connectivity index (χ3n) is 3.96. The summed E-state index contributed by atoms with van der Waals surface area (Å²) in [6.45, 7) is 4.14. The van der Waals surface area contributed by atoms with Crippen molar-refractivity contribution in [3.8, 4) is 11.1 Å². The molecule has 0 aliphatic heterocycles. The van der Waals surface area contributed by atoms with E-state index in [1.165, 1.54) is 6.20 Å². The first-order valence-corrected chi connectivity index (χ1v) is 8.48. The Balaban J connectivity index is 2.14. The smallest absolute Gasteiger partial charge is 0.340 e. The second-order valence-electron chi connectivity index (χ2n) is 5.58. The first-order chi connectivity index (χ1) is 12.7. The van der Waals surface area contributed by atoms with Crippen LogP contribution in [0.4, 0.5) is 0 Å². The lowest BCUT2D eigenvalue weighted by Gasteiger charge is -2.12. The van der Waals surface area contributed by atoms with Crippen molar-refractivity contribution in [3.05, 3.63) is 65.9 Å². The van der Waals surface area contributed by atoms with E-state index in [0.717, 1.165) is 22.0 Å². The van der Waals surface area contributed by atoms with Crippen LogP contribution in [-0.2, 0) is 9.47 Å². The van der Waals surface area contributed by atoms with Gasteiger partial charge in [-0.2, -0.15) is 0 Å². The zero-order chi connectivity index (χ0) is 18.5. The summed E-state index contributed by atoms with van der Waals surface area (Å²) in [4.78, 5) is 28.6. The maximum Gasteiger partial charge on any atom is 0.340 e. The summed E-state index contributed by atoms with van der Waals surface area (Å²) in [6.07, 6.45) is 1.54. The van der Waals surface area contributed by atoms with Gasteiger partial charge in [-0.1, -0.05) is 30.3 Å². The summed E-state index contributed by atoms with van der Waals surface area (Å²) in [5.41, 5.74) is 3.19. The molecule has 0 fully saturated rings. The summed E-state index contributed by atoms with van der Waals surface area (Å²) in [5.74, 6) is -0.792. The molecular formula is C21H19NO4. The lowest BCUT2D eigenvalue weighted by atomic mass is 9.95. The minimum Gasteiger partial charge on any atom is -0.462 e. The van der Waals surface area contributed by atoms with E-state index in [0.29, 0.717) is 17.7 Å². The first-order valence-electron chi connectivity index (χ1n) is 8.48. The summed E-state index contributed by atoms with van der Waals surface area (Å²) in [6, 6.07) is 14.6. The van der Waals surface area contributed by atoms with Crippen LogP contribution in [0.15, 0.2) is 54.7 Å². The van der Waals surface area contributed by atoms with Gasteiger partial charge in [-0.25, -0.2) is 9.59 Å². The molecular weight excluding hydrogens is 330 g/mol. The summed E-state index contributed by atoms with van der Waals surface area (Å²) in [7, 11) is 0. The molecule has 0 aliphatic rings. The number of hydrogen-bond donors (Lipinski definition) is 0. The number of pyridine rings is 1. The number of ether oxygens (including phenoxy) is 2. The number of carbonyl (C=O) groups is 2. The molecule has 3 rings (SSSR count). The number of aromatic nitrogens is 1. The van der Waals surface area contributed by atoms with Gasteiger partial charge >= 0.3 is 11.9 Å². The van der Waals surface area contributed by atoms with Gasteiger partial charge in [0, 0.05) is 17.1 Å². The minimum absolute atomic E-state index is 0.285. The number of fused-ring (bicyclic) bond motifs is 1. The van der Waals surface area contributed by atoms with Gasteiger partial charge in [0.05, 0.1) is 29.9 Å². The van der Waals surface area contributed by atoms with Crippen LogP contribution >= 0.6 is 0 Å². The third-order valence-corrected chi connectivity index (χ3v) is 3.96. The van der Waals surface area contributed by atoms with Crippen LogP contribution < -0.4 is 0 Å². The van der Waals surface area contributed by atoms with Crippen LogP contribution in [0.2, 0.25) is 0 Å². The number of esters is 2. The van der Waals surface area contributed by atoms with E-state index >= 15 is 0 Å². The largest absolute Gasteiger partial charge is 0.462 e. The van der Waals surface area contributed by atoms with Crippen molar-refractivity contribution in [2.24, 2.45) is 0 Å². The Kier molecular flexibility index (Phi) is 5.27. The van der Waals surface area contributed by atoms with E-state index in [-0.39, 0.29) is 12.6 Å². The number of nitrogens with zero attached hydrogens (tertiary/aromatic N) is 1. The standard InChI is InChI=1S/C21H19NO4/c1-3-25-20(23)15-11-9-14(10-12-15)19-16-7-5-6-8-18(16)22-13-17(19)21(24)26-4-2/h5-13H,3-4H2,1-2H3. The van der Waals surface area contributed by atoms with Crippen molar-refractivity contribution in [1.29, 1.82) is 0 Å². The van der Waals surface area contributed by atoms with Gasteiger partial charge in [0.15, 0.2) is 0 Å². The molecule has 0 amide bonds. The normalized spacial score (nSPS) is 10.5. The second kappa shape index (κ2) is 7.78. The van der Waals surface area contributed by atoms with E-state index < -0.39 is 5.97 Å². The van der Waals surface area contributed by atoms with Gasteiger partial charge in [-0.15, -0.1) is 0 Å². The molecule has 132 valence electrons. The van der Waals surface area contributed by atoms with Crippen LogP contribution in [0.3, 0.4) is 0 Å². The Morgan fingerprint density at radius 3 is 2.23 bits per heavy atom. The zero-order valence-electron chi connectivity index (χ0n) is 14.7. The number of rotatable bonds is 5. The highest BCUT2D eigenvalue weighted by molar-refractivity contribution is 6.07. The van der Waals surface area contributed by atoms with Crippen molar-refractivity contribution in [2.45, 2.75) is 13.8 Å². The number of carbonyl (C=O) groups excluding carboxylic acids is 2. The molecule has 2 aromatic carbocycles. The lowest BCUT2D eigenvalue weighted by molar-refractivity contribution is 0.0516. The highest BCUT2D eigenvalue weighted by Gasteiger charge is 2.18. The molecule has 0 unspecified atom stereocenters. The van der Waals surface area contributed by atoms with Gasteiger partial charge in [-0.05, 0) is 37.6 Å². The monoisotopic (exact) mass is 349 g/mol. The third kappa shape index (κ3) is 3.42. The minimum atomic E-state index is -0.421. The molecule has 1 aromatic heterocycles. The van der Waals surface area contributed by atoms with Gasteiger partial charge in [0.2, 0.25) is 0 Å². The molecule has 0 N–H and O–H groups in total. The quantitative estimate of drug-likeness (QED) is 0.644. The van der Waals surface area contributed by atoms with Crippen molar-refractivity contribution in [1.82, 2.24) is 4.98 Å². The van der Waals surface area contributed by atoms with Gasteiger partial charge in [-0.3, -0.25) is 4.98 Å². The Hall–Kier alpha value is -3.21. The molecule has 0 aliphatic carbocycles. The number of hydrogen-bond acceptors (Lipinski definition) is 5. The maximum absolute atomic E-state index is 12.4. The molecule has 1 heterocycles. The van der Waals surface area contributed by atoms with E-state index in [4.69, 9.17) is 9.47 Å². The highest BCUT2D eigenvalue weighted by Crippen LogP contribution is 2.31.